The average molecular weight is 352 g/mol. The fourth-order valence-corrected chi connectivity index (χ4v) is 3.68. The molecule has 0 aliphatic carbocycles. The molecule has 2 heterocycles. The Morgan fingerprint density at radius 1 is 1.19 bits per heavy atom. The zero-order valence-electron chi connectivity index (χ0n) is 15.5. The van der Waals surface area contributed by atoms with E-state index in [1.54, 1.807) is 12.4 Å². The lowest BCUT2D eigenvalue weighted by molar-refractivity contribution is -0.134. The van der Waals surface area contributed by atoms with Crippen LogP contribution in [0.4, 0.5) is 0 Å². The molecule has 0 bridgehead atoms. The molecule has 4 heteroatoms. The van der Waals surface area contributed by atoms with E-state index in [-0.39, 0.29) is 11.8 Å². The Labute approximate surface area is 156 Å². The second-order valence-corrected chi connectivity index (χ2v) is 6.97. The van der Waals surface area contributed by atoms with Gasteiger partial charge in [0.25, 0.3) is 0 Å². The van der Waals surface area contributed by atoms with Crippen molar-refractivity contribution in [2.75, 3.05) is 19.7 Å². The van der Waals surface area contributed by atoms with Crippen LogP contribution in [-0.2, 0) is 4.79 Å². The molecule has 0 radical (unpaired) electrons. The van der Waals surface area contributed by atoms with Gasteiger partial charge in [0, 0.05) is 19.3 Å². The minimum atomic E-state index is -0.0123. The Bertz CT molecular complexity index is 667. The van der Waals surface area contributed by atoms with Crippen molar-refractivity contribution in [2.45, 2.75) is 38.5 Å². The predicted molar refractivity (Wildman–Crippen MR) is 103 cm³/mol. The summed E-state index contributed by atoms with van der Waals surface area (Å²) in [7, 11) is 0. The third-order valence-corrected chi connectivity index (χ3v) is 5.26. The molecule has 26 heavy (non-hydrogen) atoms. The van der Waals surface area contributed by atoms with E-state index in [1.807, 2.05) is 30.3 Å². The number of hydrogen-bond donors (Lipinski definition) is 0. The van der Waals surface area contributed by atoms with Gasteiger partial charge in [-0.1, -0.05) is 37.3 Å². The van der Waals surface area contributed by atoms with Crippen molar-refractivity contribution in [1.29, 1.82) is 0 Å². The fourth-order valence-electron chi connectivity index (χ4n) is 3.68. The topological polar surface area (TPSA) is 42.4 Å². The molecule has 1 amide bonds. The van der Waals surface area contributed by atoms with Crippen LogP contribution in [0.3, 0.4) is 0 Å². The molecule has 0 saturated carbocycles. The Balaban J connectivity index is 1.44. The molecule has 3 rings (SSSR count). The summed E-state index contributed by atoms with van der Waals surface area (Å²) < 4.78 is 5.75. The number of carbonyl (C=O) groups excluding carboxylic acids is 1. The number of rotatable bonds is 7. The van der Waals surface area contributed by atoms with E-state index in [2.05, 4.69) is 28.9 Å². The first kappa shape index (κ1) is 18.4. The van der Waals surface area contributed by atoms with Crippen molar-refractivity contribution in [3.8, 4) is 5.75 Å². The van der Waals surface area contributed by atoms with Crippen LogP contribution in [0.15, 0.2) is 54.9 Å². The second kappa shape index (κ2) is 9.37. The van der Waals surface area contributed by atoms with E-state index >= 15 is 0 Å². The number of nitrogens with zero attached hydrogens (tertiary/aromatic N) is 2. The van der Waals surface area contributed by atoms with E-state index in [0.29, 0.717) is 12.5 Å². The number of aromatic nitrogens is 1. The van der Waals surface area contributed by atoms with Gasteiger partial charge in [0.1, 0.15) is 5.75 Å². The molecule has 1 aliphatic rings. The van der Waals surface area contributed by atoms with Crippen LogP contribution in [0.2, 0.25) is 0 Å². The van der Waals surface area contributed by atoms with Crippen LogP contribution in [0.1, 0.15) is 44.1 Å². The molecule has 1 aliphatic heterocycles. The quantitative estimate of drug-likeness (QED) is 0.747. The normalized spacial score (nSPS) is 16.3. The summed E-state index contributed by atoms with van der Waals surface area (Å²) in [6, 6.07) is 14.0. The van der Waals surface area contributed by atoms with Crippen molar-refractivity contribution in [3.63, 3.8) is 0 Å². The summed E-state index contributed by atoms with van der Waals surface area (Å²) in [4.78, 5) is 19.0. The summed E-state index contributed by atoms with van der Waals surface area (Å²) in [5.74, 6) is 1.73. The molecule has 1 aromatic carbocycles. The lowest BCUT2D eigenvalue weighted by Crippen LogP contribution is -2.41. The number of ether oxygens (including phenoxy) is 1. The van der Waals surface area contributed by atoms with E-state index in [0.717, 1.165) is 50.1 Å². The first-order valence-corrected chi connectivity index (χ1v) is 9.64. The Hall–Kier alpha value is -2.36. The standard InChI is InChI=1S/C22H28N2O2/c1-2-21(19-7-4-3-5-8-19)22(25)24-14-10-18(11-15-24)12-16-26-20-9-6-13-23-17-20/h3-9,13,17-18,21H,2,10-12,14-16H2,1H3. The molecule has 1 fully saturated rings. The largest absolute Gasteiger partial charge is 0.492 e. The van der Waals surface area contributed by atoms with Gasteiger partial charge in [-0.15, -0.1) is 0 Å². The van der Waals surface area contributed by atoms with Crippen molar-refractivity contribution in [2.24, 2.45) is 5.92 Å². The Kier molecular flexibility index (Phi) is 6.64. The molecule has 2 aromatic rings. The maximum Gasteiger partial charge on any atom is 0.230 e. The monoisotopic (exact) mass is 352 g/mol. The van der Waals surface area contributed by atoms with E-state index in [4.69, 9.17) is 4.74 Å². The molecule has 0 N–H and O–H groups in total. The van der Waals surface area contributed by atoms with Gasteiger partial charge in [-0.25, -0.2) is 0 Å². The maximum atomic E-state index is 12.9. The number of likely N-dealkylation sites (tertiary alicyclic amines) is 1. The van der Waals surface area contributed by atoms with Gasteiger partial charge in [0.15, 0.2) is 0 Å². The minimum Gasteiger partial charge on any atom is -0.492 e. The van der Waals surface area contributed by atoms with Crippen molar-refractivity contribution >= 4 is 5.91 Å². The summed E-state index contributed by atoms with van der Waals surface area (Å²) in [6.45, 7) is 4.53. The molecule has 1 unspecified atom stereocenters. The van der Waals surface area contributed by atoms with Crippen LogP contribution in [-0.4, -0.2) is 35.5 Å². The smallest absolute Gasteiger partial charge is 0.230 e. The van der Waals surface area contributed by atoms with Gasteiger partial charge >= 0.3 is 0 Å². The van der Waals surface area contributed by atoms with Gasteiger partial charge < -0.3 is 9.64 Å². The zero-order valence-corrected chi connectivity index (χ0v) is 15.5. The van der Waals surface area contributed by atoms with Gasteiger partial charge in [0.2, 0.25) is 5.91 Å². The van der Waals surface area contributed by atoms with E-state index in [9.17, 15) is 4.79 Å². The van der Waals surface area contributed by atoms with Gasteiger partial charge in [0.05, 0.1) is 18.7 Å². The molecular weight excluding hydrogens is 324 g/mol. The number of hydrogen-bond acceptors (Lipinski definition) is 3. The highest BCUT2D eigenvalue weighted by Crippen LogP contribution is 2.26. The Morgan fingerprint density at radius 3 is 2.62 bits per heavy atom. The molecule has 138 valence electrons. The SMILES string of the molecule is CCC(C(=O)N1CCC(CCOc2cccnc2)CC1)c1ccccc1. The fraction of sp³-hybridized carbons (Fsp3) is 0.455. The number of benzene rings is 1. The highest BCUT2D eigenvalue weighted by molar-refractivity contribution is 5.83. The van der Waals surface area contributed by atoms with Crippen molar-refractivity contribution in [3.05, 3.63) is 60.4 Å². The third kappa shape index (κ3) is 4.84. The third-order valence-electron chi connectivity index (χ3n) is 5.26. The maximum absolute atomic E-state index is 12.9. The first-order valence-electron chi connectivity index (χ1n) is 9.64. The van der Waals surface area contributed by atoms with Crippen molar-refractivity contribution in [1.82, 2.24) is 9.88 Å². The number of pyridine rings is 1. The van der Waals surface area contributed by atoms with Crippen molar-refractivity contribution < 1.29 is 9.53 Å². The van der Waals surface area contributed by atoms with Crippen LogP contribution < -0.4 is 4.74 Å². The average Bonchev–Trinajstić information content (AvgIpc) is 2.71. The number of piperidine rings is 1. The highest BCUT2D eigenvalue weighted by atomic mass is 16.5. The van der Waals surface area contributed by atoms with Crippen LogP contribution in [0.25, 0.3) is 0 Å². The molecular formula is C22H28N2O2. The van der Waals surface area contributed by atoms with Crippen LogP contribution >= 0.6 is 0 Å². The molecule has 4 nitrogen and oxygen atoms in total. The van der Waals surface area contributed by atoms with Gasteiger partial charge in [-0.05, 0) is 49.3 Å². The zero-order chi connectivity index (χ0) is 18.2. The molecule has 1 atom stereocenters. The summed E-state index contributed by atoms with van der Waals surface area (Å²) in [6.07, 6.45) is 7.50. The molecule has 1 aromatic heterocycles. The first-order chi connectivity index (χ1) is 12.8. The number of amides is 1. The predicted octanol–water partition coefficient (Wildman–Crippen LogP) is 4.28. The lowest BCUT2D eigenvalue weighted by atomic mass is 9.90. The van der Waals surface area contributed by atoms with E-state index in [1.165, 1.54) is 0 Å². The summed E-state index contributed by atoms with van der Waals surface area (Å²) in [5.41, 5.74) is 1.13. The second-order valence-electron chi connectivity index (χ2n) is 6.97. The van der Waals surface area contributed by atoms with Crippen LogP contribution in [0, 0.1) is 5.92 Å². The minimum absolute atomic E-state index is 0.0123. The van der Waals surface area contributed by atoms with Gasteiger partial charge in [-0.3, -0.25) is 9.78 Å². The molecule has 1 saturated heterocycles. The van der Waals surface area contributed by atoms with Crippen LogP contribution in [0.5, 0.6) is 5.75 Å². The molecule has 0 spiro atoms. The van der Waals surface area contributed by atoms with Gasteiger partial charge in [-0.2, -0.15) is 0 Å². The lowest BCUT2D eigenvalue weighted by Gasteiger charge is -2.34. The summed E-state index contributed by atoms with van der Waals surface area (Å²) >= 11 is 0. The Morgan fingerprint density at radius 2 is 1.96 bits per heavy atom. The summed E-state index contributed by atoms with van der Waals surface area (Å²) in [5, 5.41) is 0. The highest BCUT2D eigenvalue weighted by Gasteiger charge is 2.28. The van der Waals surface area contributed by atoms with E-state index < -0.39 is 0 Å². The number of carbonyl (C=O) groups is 1.